The maximum absolute atomic E-state index is 12.4. The number of aliphatic hydroxyl groups excluding tert-OH is 1. The van der Waals surface area contributed by atoms with Crippen LogP contribution in [-0.2, 0) is 4.79 Å². The molecule has 20 heavy (non-hydrogen) atoms. The third-order valence-electron chi connectivity index (χ3n) is 4.69. The summed E-state index contributed by atoms with van der Waals surface area (Å²) >= 11 is 0. The molecule has 0 bridgehead atoms. The van der Waals surface area contributed by atoms with Crippen molar-refractivity contribution in [2.24, 2.45) is 0 Å². The van der Waals surface area contributed by atoms with Gasteiger partial charge in [0.15, 0.2) is 0 Å². The average molecular weight is 274 g/mol. The van der Waals surface area contributed by atoms with Crippen LogP contribution in [0.5, 0.6) is 0 Å². The summed E-state index contributed by atoms with van der Waals surface area (Å²) in [4.78, 5) is 14.5. The van der Waals surface area contributed by atoms with Crippen molar-refractivity contribution < 1.29 is 9.90 Å². The molecule has 1 fully saturated rings. The third kappa shape index (κ3) is 2.34. The van der Waals surface area contributed by atoms with Gasteiger partial charge in [0.1, 0.15) is 0 Å². The van der Waals surface area contributed by atoms with Crippen LogP contribution in [0.2, 0.25) is 0 Å². The molecule has 1 aromatic carbocycles. The molecular weight excluding hydrogens is 252 g/mol. The smallest absolute Gasteiger partial charge is 0.237 e. The van der Waals surface area contributed by atoms with Gasteiger partial charge >= 0.3 is 0 Å². The molecule has 3 rings (SSSR count). The maximum Gasteiger partial charge on any atom is 0.237 e. The number of carbonyl (C=O) groups excluding carboxylic acids is 1. The average Bonchev–Trinajstić information content (AvgIpc) is 3.03. The Balaban J connectivity index is 1.74. The van der Waals surface area contributed by atoms with Crippen molar-refractivity contribution in [1.29, 1.82) is 0 Å². The number of aliphatic hydroxyl groups is 1. The summed E-state index contributed by atoms with van der Waals surface area (Å²) in [5, 5.41) is 12.7. The Kier molecular flexibility index (Phi) is 3.76. The molecule has 1 amide bonds. The number of hydrogen-bond donors (Lipinski definition) is 2. The highest BCUT2D eigenvalue weighted by molar-refractivity contribution is 5.82. The summed E-state index contributed by atoms with van der Waals surface area (Å²) in [5.74, 6) is 0.279. The Hall–Kier alpha value is -1.39. The minimum absolute atomic E-state index is 0.00957. The molecule has 1 aliphatic carbocycles. The molecule has 3 unspecified atom stereocenters. The predicted octanol–water partition coefficient (Wildman–Crippen LogP) is 1.42. The number of rotatable bonds is 3. The van der Waals surface area contributed by atoms with Gasteiger partial charge in [-0.25, -0.2) is 0 Å². The highest BCUT2D eigenvalue weighted by Gasteiger charge is 2.34. The van der Waals surface area contributed by atoms with E-state index in [-0.39, 0.29) is 30.5 Å². The summed E-state index contributed by atoms with van der Waals surface area (Å²) in [7, 11) is 2.01. The second-order valence-corrected chi connectivity index (χ2v) is 5.94. The number of fused-ring (bicyclic) bond motifs is 1. The lowest BCUT2D eigenvalue weighted by Gasteiger charge is -2.22. The molecule has 108 valence electrons. The molecular formula is C16H22N2O2. The van der Waals surface area contributed by atoms with Crippen molar-refractivity contribution >= 4 is 5.91 Å². The number of carbonyl (C=O) groups is 1. The molecule has 1 aromatic rings. The first-order chi connectivity index (χ1) is 9.70. The van der Waals surface area contributed by atoms with Gasteiger partial charge in [-0.3, -0.25) is 9.69 Å². The van der Waals surface area contributed by atoms with Crippen LogP contribution in [0.15, 0.2) is 24.3 Å². The quantitative estimate of drug-likeness (QED) is 0.876. The molecule has 4 nitrogen and oxygen atoms in total. The van der Waals surface area contributed by atoms with E-state index in [0.29, 0.717) is 0 Å². The van der Waals surface area contributed by atoms with Crippen molar-refractivity contribution in [3.63, 3.8) is 0 Å². The Morgan fingerprint density at radius 1 is 1.40 bits per heavy atom. The molecule has 2 N–H and O–H groups in total. The van der Waals surface area contributed by atoms with E-state index in [1.165, 1.54) is 11.1 Å². The molecule has 0 aromatic heterocycles. The van der Waals surface area contributed by atoms with Gasteiger partial charge < -0.3 is 10.4 Å². The van der Waals surface area contributed by atoms with Gasteiger partial charge in [-0.05, 0) is 44.0 Å². The van der Waals surface area contributed by atoms with E-state index in [4.69, 9.17) is 0 Å². The summed E-state index contributed by atoms with van der Waals surface area (Å²) in [6.07, 6.45) is 2.84. The van der Waals surface area contributed by atoms with Gasteiger partial charge in [0.05, 0.1) is 18.7 Å². The first-order valence-electron chi connectivity index (χ1n) is 7.41. The zero-order chi connectivity index (χ0) is 14.1. The summed E-state index contributed by atoms with van der Waals surface area (Å²) in [6.45, 7) is 1.14. The molecule has 1 aliphatic heterocycles. The second kappa shape index (κ2) is 5.54. The van der Waals surface area contributed by atoms with Gasteiger partial charge in [0.25, 0.3) is 0 Å². The van der Waals surface area contributed by atoms with Gasteiger partial charge in [0, 0.05) is 5.92 Å². The van der Waals surface area contributed by atoms with Gasteiger partial charge in [0.2, 0.25) is 5.91 Å². The summed E-state index contributed by atoms with van der Waals surface area (Å²) in [6, 6.07) is 8.18. The number of benzene rings is 1. The highest BCUT2D eigenvalue weighted by atomic mass is 16.3. The normalized spacial score (nSPS) is 29.4. The van der Waals surface area contributed by atoms with Gasteiger partial charge in [-0.2, -0.15) is 0 Å². The monoisotopic (exact) mass is 274 g/mol. The number of hydrogen-bond acceptors (Lipinski definition) is 3. The lowest BCUT2D eigenvalue weighted by Crippen LogP contribution is -2.42. The van der Waals surface area contributed by atoms with Crippen molar-refractivity contribution in [3.05, 3.63) is 35.4 Å². The standard InChI is InChI=1S/C16H22N2O2/c1-18-8-4-7-15(18)16(20)17-14-9-11(10-19)12-5-2-3-6-13(12)14/h2-3,5-6,11,14-15,19H,4,7-10H2,1H3,(H,17,20). The maximum atomic E-state index is 12.4. The fraction of sp³-hybridized carbons (Fsp3) is 0.562. The van der Waals surface area contributed by atoms with Crippen LogP contribution in [0.25, 0.3) is 0 Å². The van der Waals surface area contributed by atoms with Gasteiger partial charge in [-0.15, -0.1) is 0 Å². The SMILES string of the molecule is CN1CCCC1C(=O)NC1CC(CO)c2ccccc21. The first kappa shape index (κ1) is 13.6. The zero-order valence-electron chi connectivity index (χ0n) is 11.9. The van der Waals surface area contributed by atoms with E-state index >= 15 is 0 Å². The zero-order valence-corrected chi connectivity index (χ0v) is 11.9. The van der Waals surface area contributed by atoms with Crippen LogP contribution in [0, 0.1) is 0 Å². The van der Waals surface area contributed by atoms with E-state index in [9.17, 15) is 9.90 Å². The Labute approximate surface area is 119 Å². The van der Waals surface area contributed by atoms with Crippen LogP contribution in [0.3, 0.4) is 0 Å². The number of nitrogens with zero attached hydrogens (tertiary/aromatic N) is 1. The van der Waals surface area contributed by atoms with Crippen molar-refractivity contribution in [1.82, 2.24) is 10.2 Å². The lowest BCUT2D eigenvalue weighted by molar-refractivity contribution is -0.125. The molecule has 1 heterocycles. The third-order valence-corrected chi connectivity index (χ3v) is 4.69. The van der Waals surface area contributed by atoms with E-state index in [2.05, 4.69) is 22.3 Å². The van der Waals surface area contributed by atoms with E-state index in [1.807, 2.05) is 19.2 Å². The van der Waals surface area contributed by atoms with E-state index in [0.717, 1.165) is 25.8 Å². The number of nitrogens with one attached hydrogen (secondary N) is 1. The molecule has 0 saturated carbocycles. The Morgan fingerprint density at radius 3 is 2.80 bits per heavy atom. The van der Waals surface area contributed by atoms with Crippen LogP contribution in [-0.4, -0.2) is 42.2 Å². The fourth-order valence-corrected chi connectivity index (χ4v) is 3.56. The van der Waals surface area contributed by atoms with Crippen LogP contribution < -0.4 is 5.32 Å². The molecule has 2 aliphatic rings. The summed E-state index contributed by atoms with van der Waals surface area (Å²) in [5.41, 5.74) is 2.35. The first-order valence-corrected chi connectivity index (χ1v) is 7.41. The van der Waals surface area contributed by atoms with Crippen molar-refractivity contribution in [2.45, 2.75) is 37.3 Å². The minimum Gasteiger partial charge on any atom is -0.396 e. The molecule has 1 saturated heterocycles. The number of likely N-dealkylation sites (N-methyl/N-ethyl adjacent to an activating group) is 1. The van der Waals surface area contributed by atoms with Crippen molar-refractivity contribution in [3.8, 4) is 0 Å². The van der Waals surface area contributed by atoms with Crippen molar-refractivity contribution in [2.75, 3.05) is 20.2 Å². The molecule has 4 heteroatoms. The molecule has 0 radical (unpaired) electrons. The fourth-order valence-electron chi connectivity index (χ4n) is 3.56. The largest absolute Gasteiger partial charge is 0.396 e. The minimum atomic E-state index is 0.00957. The van der Waals surface area contributed by atoms with Crippen LogP contribution in [0.4, 0.5) is 0 Å². The number of amides is 1. The summed E-state index contributed by atoms with van der Waals surface area (Å²) < 4.78 is 0. The Morgan fingerprint density at radius 2 is 2.15 bits per heavy atom. The lowest BCUT2D eigenvalue weighted by atomic mass is 10.0. The molecule has 3 atom stereocenters. The van der Waals surface area contributed by atoms with Gasteiger partial charge in [-0.1, -0.05) is 24.3 Å². The second-order valence-electron chi connectivity index (χ2n) is 5.94. The van der Waals surface area contributed by atoms with Crippen LogP contribution in [0.1, 0.15) is 42.3 Å². The number of likely N-dealkylation sites (tertiary alicyclic amines) is 1. The molecule has 0 spiro atoms. The predicted molar refractivity (Wildman–Crippen MR) is 77.4 cm³/mol. The van der Waals surface area contributed by atoms with E-state index in [1.54, 1.807) is 0 Å². The van der Waals surface area contributed by atoms with E-state index < -0.39 is 0 Å². The topological polar surface area (TPSA) is 52.6 Å². The highest BCUT2D eigenvalue weighted by Crippen LogP contribution is 2.39. The van der Waals surface area contributed by atoms with Crippen LogP contribution >= 0.6 is 0 Å². The Bertz CT molecular complexity index is 503.